The van der Waals surface area contributed by atoms with Crippen molar-refractivity contribution in [2.75, 3.05) is 26.2 Å². The van der Waals surface area contributed by atoms with Gasteiger partial charge in [0.1, 0.15) is 0 Å². The average Bonchev–Trinajstić information content (AvgIpc) is 2.17. The fourth-order valence-electron chi connectivity index (χ4n) is 1.20. The van der Waals surface area contributed by atoms with Crippen molar-refractivity contribution in [3.05, 3.63) is 0 Å². The lowest BCUT2D eigenvalue weighted by Gasteiger charge is -2.11. The molecule has 0 aromatic carbocycles. The van der Waals surface area contributed by atoms with Crippen molar-refractivity contribution in [2.24, 2.45) is 5.73 Å². The Bertz CT molecular complexity index is 76.9. The lowest BCUT2D eigenvalue weighted by atomic mass is 10.2. The van der Waals surface area contributed by atoms with Gasteiger partial charge in [-0.3, -0.25) is 0 Å². The molecule has 0 saturated carbocycles. The number of nitrogens with one attached hydrogen (secondary N) is 1. The summed E-state index contributed by atoms with van der Waals surface area (Å²) < 4.78 is 0. The summed E-state index contributed by atoms with van der Waals surface area (Å²) in [4.78, 5) is 0. The van der Waals surface area contributed by atoms with Crippen LogP contribution in [0.1, 0.15) is 12.8 Å². The standard InChI is InChI=1S/C7H16N3/c8-3-2-7-6-9-4-1-5-10-7/h7,9H,1-6,8H2. The molecule has 3 heteroatoms. The number of hydrogen-bond donors (Lipinski definition) is 2. The summed E-state index contributed by atoms with van der Waals surface area (Å²) in [5.41, 5.74) is 5.42. The fourth-order valence-corrected chi connectivity index (χ4v) is 1.20. The number of hydrogen-bond acceptors (Lipinski definition) is 2. The highest BCUT2D eigenvalue weighted by molar-refractivity contribution is 4.72. The molecule has 1 fully saturated rings. The SMILES string of the molecule is NCCC1CNCCC[N]1. The van der Waals surface area contributed by atoms with Gasteiger partial charge in [0.15, 0.2) is 0 Å². The zero-order chi connectivity index (χ0) is 7.23. The zero-order valence-electron chi connectivity index (χ0n) is 6.34. The molecule has 0 aromatic heterocycles. The monoisotopic (exact) mass is 142 g/mol. The molecule has 1 aliphatic heterocycles. The maximum Gasteiger partial charge on any atom is 0.0382 e. The van der Waals surface area contributed by atoms with Gasteiger partial charge >= 0.3 is 0 Å². The first-order chi connectivity index (χ1) is 4.93. The van der Waals surface area contributed by atoms with Gasteiger partial charge in [0, 0.05) is 19.1 Å². The molecule has 1 aliphatic rings. The van der Waals surface area contributed by atoms with Crippen LogP contribution in [0.5, 0.6) is 0 Å². The molecule has 1 rings (SSSR count). The molecule has 0 aromatic rings. The predicted octanol–water partition coefficient (Wildman–Crippen LogP) is -0.698. The molecular weight excluding hydrogens is 126 g/mol. The molecule has 1 unspecified atom stereocenters. The van der Waals surface area contributed by atoms with Crippen molar-refractivity contribution in [1.82, 2.24) is 10.6 Å². The van der Waals surface area contributed by atoms with Gasteiger partial charge in [0.05, 0.1) is 0 Å². The van der Waals surface area contributed by atoms with Crippen molar-refractivity contribution < 1.29 is 0 Å². The van der Waals surface area contributed by atoms with Crippen LogP contribution in [0.25, 0.3) is 0 Å². The highest BCUT2D eigenvalue weighted by Gasteiger charge is 2.09. The van der Waals surface area contributed by atoms with Crippen molar-refractivity contribution in [3.8, 4) is 0 Å². The van der Waals surface area contributed by atoms with Gasteiger partial charge in [-0.15, -0.1) is 0 Å². The molecule has 59 valence electrons. The first kappa shape index (κ1) is 7.98. The Hall–Kier alpha value is -0.120. The molecule has 0 amide bonds. The summed E-state index contributed by atoms with van der Waals surface area (Å²) in [5, 5.41) is 7.80. The van der Waals surface area contributed by atoms with E-state index in [-0.39, 0.29) is 0 Å². The minimum absolute atomic E-state index is 0.479. The van der Waals surface area contributed by atoms with E-state index in [0.717, 1.165) is 32.6 Å². The van der Waals surface area contributed by atoms with Gasteiger partial charge in [-0.1, -0.05) is 0 Å². The van der Waals surface area contributed by atoms with Crippen LogP contribution in [-0.2, 0) is 0 Å². The third-order valence-electron chi connectivity index (χ3n) is 1.78. The van der Waals surface area contributed by atoms with Gasteiger partial charge < -0.3 is 11.1 Å². The van der Waals surface area contributed by atoms with Crippen LogP contribution >= 0.6 is 0 Å². The smallest absolute Gasteiger partial charge is 0.0382 e. The molecule has 3 N–H and O–H groups in total. The third kappa shape index (κ3) is 2.64. The van der Waals surface area contributed by atoms with Crippen molar-refractivity contribution in [1.29, 1.82) is 0 Å². The largest absolute Gasteiger partial charge is 0.330 e. The molecule has 10 heavy (non-hydrogen) atoms. The van der Waals surface area contributed by atoms with Crippen LogP contribution in [-0.4, -0.2) is 32.2 Å². The molecular formula is C7H16N3. The van der Waals surface area contributed by atoms with E-state index in [1.54, 1.807) is 0 Å². The number of rotatable bonds is 2. The maximum atomic E-state index is 5.42. The molecule has 1 heterocycles. The zero-order valence-corrected chi connectivity index (χ0v) is 6.34. The highest BCUT2D eigenvalue weighted by Crippen LogP contribution is 1.94. The third-order valence-corrected chi connectivity index (χ3v) is 1.78. The maximum absolute atomic E-state index is 5.42. The van der Waals surface area contributed by atoms with Crippen LogP contribution < -0.4 is 16.4 Å². The van der Waals surface area contributed by atoms with E-state index in [4.69, 9.17) is 5.73 Å². The summed E-state index contributed by atoms with van der Waals surface area (Å²) in [6, 6.07) is 0.479. The Balaban J connectivity index is 2.15. The van der Waals surface area contributed by atoms with Crippen molar-refractivity contribution in [2.45, 2.75) is 18.9 Å². The fraction of sp³-hybridized carbons (Fsp3) is 1.00. The summed E-state index contributed by atoms with van der Waals surface area (Å²) in [6.45, 7) is 3.91. The first-order valence-corrected chi connectivity index (χ1v) is 4.01. The van der Waals surface area contributed by atoms with E-state index in [9.17, 15) is 0 Å². The van der Waals surface area contributed by atoms with Crippen molar-refractivity contribution >= 4 is 0 Å². The lowest BCUT2D eigenvalue weighted by Crippen LogP contribution is -2.32. The van der Waals surface area contributed by atoms with E-state index in [0.29, 0.717) is 6.04 Å². The van der Waals surface area contributed by atoms with Gasteiger partial charge in [0.25, 0.3) is 0 Å². The van der Waals surface area contributed by atoms with Crippen LogP contribution in [0.15, 0.2) is 0 Å². The highest BCUT2D eigenvalue weighted by atomic mass is 15.0. The Labute approximate surface area is 62.4 Å². The summed E-state index contributed by atoms with van der Waals surface area (Å²) in [5.74, 6) is 0. The summed E-state index contributed by atoms with van der Waals surface area (Å²) in [6.07, 6.45) is 2.22. The van der Waals surface area contributed by atoms with Crippen LogP contribution in [0.3, 0.4) is 0 Å². The molecule has 1 atom stereocenters. The average molecular weight is 142 g/mol. The summed E-state index contributed by atoms with van der Waals surface area (Å²) in [7, 11) is 0. The van der Waals surface area contributed by atoms with Crippen molar-refractivity contribution in [3.63, 3.8) is 0 Å². The quantitative estimate of drug-likeness (QED) is 0.536. The minimum atomic E-state index is 0.479. The van der Waals surface area contributed by atoms with E-state index >= 15 is 0 Å². The Morgan fingerprint density at radius 3 is 3.30 bits per heavy atom. The molecule has 3 nitrogen and oxygen atoms in total. The minimum Gasteiger partial charge on any atom is -0.330 e. The van der Waals surface area contributed by atoms with E-state index in [1.807, 2.05) is 0 Å². The Kier molecular flexibility index (Phi) is 3.72. The van der Waals surface area contributed by atoms with E-state index in [1.165, 1.54) is 6.42 Å². The predicted molar refractivity (Wildman–Crippen MR) is 41.9 cm³/mol. The van der Waals surface area contributed by atoms with E-state index in [2.05, 4.69) is 10.6 Å². The van der Waals surface area contributed by atoms with Gasteiger partial charge in [0.2, 0.25) is 0 Å². The molecule has 0 bridgehead atoms. The van der Waals surface area contributed by atoms with Crippen LogP contribution in [0, 0.1) is 0 Å². The topological polar surface area (TPSA) is 52.1 Å². The number of nitrogens with zero attached hydrogens (tertiary/aromatic N) is 1. The van der Waals surface area contributed by atoms with Gasteiger partial charge in [-0.2, -0.15) is 0 Å². The second-order valence-corrected chi connectivity index (χ2v) is 2.70. The van der Waals surface area contributed by atoms with Gasteiger partial charge in [-0.05, 0) is 25.9 Å². The summed E-state index contributed by atoms with van der Waals surface area (Å²) >= 11 is 0. The Morgan fingerprint density at radius 2 is 2.50 bits per heavy atom. The molecule has 1 radical (unpaired) electrons. The second kappa shape index (κ2) is 4.66. The molecule has 0 aliphatic carbocycles. The first-order valence-electron chi connectivity index (χ1n) is 4.01. The van der Waals surface area contributed by atoms with E-state index < -0.39 is 0 Å². The normalized spacial score (nSPS) is 27.9. The van der Waals surface area contributed by atoms with Crippen LogP contribution in [0.4, 0.5) is 0 Å². The van der Waals surface area contributed by atoms with Crippen LogP contribution in [0.2, 0.25) is 0 Å². The second-order valence-electron chi connectivity index (χ2n) is 2.70. The lowest BCUT2D eigenvalue weighted by molar-refractivity contribution is 0.491. The Morgan fingerprint density at radius 1 is 1.60 bits per heavy atom. The molecule has 1 saturated heterocycles. The van der Waals surface area contributed by atoms with Gasteiger partial charge in [-0.25, -0.2) is 5.32 Å². The number of nitrogens with two attached hydrogens (primary N) is 1. The molecule has 0 spiro atoms.